The number of H-pyrrole nitrogens is 1. The van der Waals surface area contributed by atoms with E-state index in [0.29, 0.717) is 17.4 Å². The molecule has 6 nitrogen and oxygen atoms in total. The lowest BCUT2D eigenvalue weighted by atomic mass is 9.80. The van der Waals surface area contributed by atoms with Crippen molar-refractivity contribution in [2.24, 2.45) is 11.8 Å². The molecular weight excluding hydrogens is 266 g/mol. The zero-order chi connectivity index (χ0) is 14.0. The highest BCUT2D eigenvalue weighted by Gasteiger charge is 2.30. The van der Waals surface area contributed by atoms with Gasteiger partial charge in [0.05, 0.1) is 12.8 Å². The largest absolute Gasteiger partial charge is 0.392 e. The number of rotatable bonds is 4. The first kappa shape index (κ1) is 14.5. The lowest BCUT2D eigenvalue weighted by Crippen LogP contribution is -2.42. The Labute approximate surface area is 113 Å². The molecule has 1 saturated carbocycles. The van der Waals surface area contributed by atoms with Crippen LogP contribution in [0.15, 0.2) is 11.2 Å². The van der Waals surface area contributed by atoms with Gasteiger partial charge in [-0.3, -0.25) is 5.10 Å². The second-order valence-electron chi connectivity index (χ2n) is 5.51. The molecule has 108 valence electrons. The molecule has 0 spiro atoms. The van der Waals surface area contributed by atoms with Gasteiger partial charge in [-0.05, 0) is 31.1 Å². The summed E-state index contributed by atoms with van der Waals surface area (Å²) in [6.07, 6.45) is 4.25. The molecule has 7 heteroatoms. The van der Waals surface area contributed by atoms with E-state index < -0.39 is 10.0 Å². The van der Waals surface area contributed by atoms with E-state index in [9.17, 15) is 8.42 Å². The first-order chi connectivity index (χ1) is 8.94. The van der Waals surface area contributed by atoms with Crippen molar-refractivity contribution in [1.29, 1.82) is 0 Å². The first-order valence-electron chi connectivity index (χ1n) is 6.59. The van der Waals surface area contributed by atoms with E-state index in [1.807, 2.05) is 0 Å². The molecule has 0 saturated heterocycles. The van der Waals surface area contributed by atoms with Gasteiger partial charge in [-0.15, -0.1) is 0 Å². The molecule has 1 aliphatic carbocycles. The number of aromatic nitrogens is 2. The third kappa shape index (κ3) is 3.16. The molecule has 1 fully saturated rings. The third-order valence-electron chi connectivity index (χ3n) is 3.86. The summed E-state index contributed by atoms with van der Waals surface area (Å²) >= 11 is 0. The molecule has 0 aliphatic heterocycles. The van der Waals surface area contributed by atoms with Crippen molar-refractivity contribution < 1.29 is 13.5 Å². The normalized spacial score (nSPS) is 28.5. The Balaban J connectivity index is 2.14. The van der Waals surface area contributed by atoms with E-state index in [0.717, 1.165) is 19.3 Å². The van der Waals surface area contributed by atoms with Gasteiger partial charge in [0.25, 0.3) is 10.0 Å². The maximum absolute atomic E-state index is 12.3. The molecule has 1 aliphatic rings. The zero-order valence-electron chi connectivity index (χ0n) is 11.3. The number of sulfonamides is 1. The number of aliphatic hydroxyl groups is 1. The molecule has 2 rings (SSSR count). The fourth-order valence-electron chi connectivity index (χ4n) is 2.74. The Morgan fingerprint density at radius 2 is 2.21 bits per heavy atom. The summed E-state index contributed by atoms with van der Waals surface area (Å²) in [5.41, 5.74) is 0.296. The summed E-state index contributed by atoms with van der Waals surface area (Å²) < 4.78 is 27.3. The van der Waals surface area contributed by atoms with Gasteiger partial charge in [0, 0.05) is 11.6 Å². The monoisotopic (exact) mass is 287 g/mol. The van der Waals surface area contributed by atoms with Gasteiger partial charge in [0.2, 0.25) is 0 Å². The Morgan fingerprint density at radius 1 is 1.47 bits per heavy atom. The summed E-state index contributed by atoms with van der Waals surface area (Å²) in [4.78, 5) is 0. The van der Waals surface area contributed by atoms with Crippen LogP contribution in [0.2, 0.25) is 0 Å². The van der Waals surface area contributed by atoms with Gasteiger partial charge in [-0.2, -0.15) is 5.10 Å². The van der Waals surface area contributed by atoms with Gasteiger partial charge >= 0.3 is 0 Å². The molecule has 1 aromatic heterocycles. The Morgan fingerprint density at radius 3 is 2.84 bits per heavy atom. The second-order valence-corrected chi connectivity index (χ2v) is 7.16. The highest BCUT2D eigenvalue weighted by Crippen LogP contribution is 2.29. The van der Waals surface area contributed by atoms with Gasteiger partial charge in [-0.1, -0.05) is 13.8 Å². The van der Waals surface area contributed by atoms with Crippen LogP contribution in [0.25, 0.3) is 0 Å². The van der Waals surface area contributed by atoms with Crippen LogP contribution in [-0.4, -0.2) is 29.8 Å². The maximum atomic E-state index is 12.3. The van der Waals surface area contributed by atoms with Gasteiger partial charge < -0.3 is 5.11 Å². The lowest BCUT2D eigenvalue weighted by Gasteiger charge is -2.32. The summed E-state index contributed by atoms with van der Waals surface area (Å²) in [5.74, 6) is 0.968. The molecule has 0 radical (unpaired) electrons. The SMILES string of the molecule is CC1CCC(NS(=O)(=O)c2[nH]ncc2CO)C(C)C1. The molecule has 0 amide bonds. The van der Waals surface area contributed by atoms with E-state index in [-0.39, 0.29) is 17.7 Å². The third-order valence-corrected chi connectivity index (χ3v) is 5.36. The van der Waals surface area contributed by atoms with Crippen LogP contribution in [-0.2, 0) is 16.6 Å². The maximum Gasteiger partial charge on any atom is 0.258 e. The summed E-state index contributed by atoms with van der Waals surface area (Å²) in [6, 6.07) is -0.0453. The van der Waals surface area contributed by atoms with E-state index in [2.05, 4.69) is 28.8 Å². The van der Waals surface area contributed by atoms with Crippen LogP contribution in [0, 0.1) is 11.8 Å². The predicted octanol–water partition coefficient (Wildman–Crippen LogP) is 1.00. The number of nitrogens with one attached hydrogen (secondary N) is 2. The number of hydrogen-bond acceptors (Lipinski definition) is 4. The van der Waals surface area contributed by atoms with Crippen molar-refractivity contribution in [1.82, 2.24) is 14.9 Å². The smallest absolute Gasteiger partial charge is 0.258 e. The van der Waals surface area contributed by atoms with Crippen LogP contribution in [0.4, 0.5) is 0 Å². The number of nitrogens with zero attached hydrogens (tertiary/aromatic N) is 1. The lowest BCUT2D eigenvalue weighted by molar-refractivity contribution is 0.249. The molecule has 0 aromatic carbocycles. The predicted molar refractivity (Wildman–Crippen MR) is 70.8 cm³/mol. The average molecular weight is 287 g/mol. The Kier molecular flexibility index (Phi) is 4.27. The Bertz CT molecular complexity index is 526. The molecule has 1 heterocycles. The average Bonchev–Trinajstić information content (AvgIpc) is 2.82. The van der Waals surface area contributed by atoms with Gasteiger partial charge in [-0.25, -0.2) is 13.1 Å². The zero-order valence-corrected chi connectivity index (χ0v) is 12.1. The molecule has 19 heavy (non-hydrogen) atoms. The molecule has 0 bridgehead atoms. The minimum absolute atomic E-state index is 0.0270. The van der Waals surface area contributed by atoms with Crippen LogP contribution in [0.3, 0.4) is 0 Å². The van der Waals surface area contributed by atoms with E-state index in [1.165, 1.54) is 6.20 Å². The van der Waals surface area contributed by atoms with Crippen molar-refractivity contribution >= 4 is 10.0 Å². The van der Waals surface area contributed by atoms with Gasteiger partial charge in [0.1, 0.15) is 0 Å². The topological polar surface area (TPSA) is 95.1 Å². The highest BCUT2D eigenvalue weighted by atomic mass is 32.2. The van der Waals surface area contributed by atoms with Crippen molar-refractivity contribution in [3.8, 4) is 0 Å². The van der Waals surface area contributed by atoms with Crippen molar-refractivity contribution in [2.45, 2.75) is 50.8 Å². The van der Waals surface area contributed by atoms with Crippen molar-refractivity contribution in [2.75, 3.05) is 0 Å². The van der Waals surface area contributed by atoms with Crippen LogP contribution in [0.5, 0.6) is 0 Å². The minimum Gasteiger partial charge on any atom is -0.392 e. The van der Waals surface area contributed by atoms with E-state index >= 15 is 0 Å². The van der Waals surface area contributed by atoms with Crippen molar-refractivity contribution in [3.05, 3.63) is 11.8 Å². The molecule has 3 unspecified atom stereocenters. The fraction of sp³-hybridized carbons (Fsp3) is 0.750. The molecular formula is C12H21N3O3S. The van der Waals surface area contributed by atoms with Crippen LogP contribution < -0.4 is 4.72 Å². The van der Waals surface area contributed by atoms with Crippen molar-refractivity contribution in [3.63, 3.8) is 0 Å². The summed E-state index contributed by atoms with van der Waals surface area (Å²) in [6.45, 7) is 3.92. The minimum atomic E-state index is -3.64. The fourth-order valence-corrected chi connectivity index (χ4v) is 4.25. The number of aliphatic hydroxyl groups excluding tert-OH is 1. The second kappa shape index (κ2) is 5.60. The number of aromatic amines is 1. The molecule has 3 N–H and O–H groups in total. The van der Waals surface area contributed by atoms with E-state index in [4.69, 9.17) is 5.11 Å². The highest BCUT2D eigenvalue weighted by molar-refractivity contribution is 7.89. The quantitative estimate of drug-likeness (QED) is 0.770. The standard InChI is InChI=1S/C12H21N3O3S/c1-8-3-4-11(9(2)5-8)15-19(17,18)12-10(7-16)6-13-14-12/h6,8-9,11,15-16H,3-5,7H2,1-2H3,(H,13,14). The van der Waals surface area contributed by atoms with Crippen LogP contribution >= 0.6 is 0 Å². The Hall–Kier alpha value is -0.920. The summed E-state index contributed by atoms with van der Waals surface area (Å²) in [5, 5.41) is 15.2. The molecule has 1 aromatic rings. The van der Waals surface area contributed by atoms with E-state index in [1.54, 1.807) is 0 Å². The molecule has 3 atom stereocenters. The van der Waals surface area contributed by atoms with Crippen LogP contribution in [0.1, 0.15) is 38.7 Å². The first-order valence-corrected chi connectivity index (χ1v) is 8.07. The summed E-state index contributed by atoms with van der Waals surface area (Å²) in [7, 11) is -3.64. The van der Waals surface area contributed by atoms with Gasteiger partial charge in [0.15, 0.2) is 5.03 Å². The number of hydrogen-bond donors (Lipinski definition) is 3.